The number of aromatic nitrogens is 2. The Kier molecular flexibility index (Phi) is 2.22. The van der Waals surface area contributed by atoms with Crippen LogP contribution < -0.4 is 5.73 Å². The fourth-order valence-corrected chi connectivity index (χ4v) is 0.755. The Labute approximate surface area is 63.2 Å². The molecular weight excluding hydrogens is 146 g/mol. The number of nitrogens with one attached hydrogen (secondary N) is 1. The van der Waals surface area contributed by atoms with E-state index in [9.17, 15) is 4.79 Å². The summed E-state index contributed by atoms with van der Waals surface area (Å²) in [6, 6.07) is 1.48. The van der Waals surface area contributed by atoms with Gasteiger partial charge in [-0.05, 0) is 12.6 Å². The highest BCUT2D eigenvalue weighted by Gasteiger charge is 2.06. The van der Waals surface area contributed by atoms with Crippen LogP contribution in [-0.2, 0) is 6.42 Å². The molecule has 11 heavy (non-hydrogen) atoms. The van der Waals surface area contributed by atoms with Crippen molar-refractivity contribution < 1.29 is 9.90 Å². The molecule has 1 rings (SSSR count). The smallest absolute Gasteiger partial charge is 0.356 e. The summed E-state index contributed by atoms with van der Waals surface area (Å²) >= 11 is 0. The molecule has 0 atom stereocenters. The third-order valence-corrected chi connectivity index (χ3v) is 1.26. The number of H-pyrrole nitrogens is 1. The molecule has 0 aliphatic rings. The minimum Gasteiger partial charge on any atom is -0.476 e. The monoisotopic (exact) mass is 155 g/mol. The number of carboxylic acid groups (broad SMARTS) is 1. The first-order chi connectivity index (χ1) is 5.24. The lowest BCUT2D eigenvalue weighted by atomic mass is 10.3. The van der Waals surface area contributed by atoms with Crippen LogP contribution in [0.2, 0.25) is 0 Å². The van der Waals surface area contributed by atoms with Crippen LogP contribution in [0.15, 0.2) is 6.07 Å². The van der Waals surface area contributed by atoms with E-state index in [1.54, 1.807) is 0 Å². The molecule has 0 saturated carbocycles. The minimum atomic E-state index is -1.02. The highest BCUT2D eigenvalue weighted by atomic mass is 16.4. The fraction of sp³-hybridized carbons (Fsp3) is 0.333. The van der Waals surface area contributed by atoms with Crippen molar-refractivity contribution in [1.29, 1.82) is 0 Å². The van der Waals surface area contributed by atoms with Crippen LogP contribution in [0.4, 0.5) is 0 Å². The molecule has 1 aromatic rings. The third-order valence-electron chi connectivity index (χ3n) is 1.26. The zero-order valence-corrected chi connectivity index (χ0v) is 5.87. The number of hydrogen-bond acceptors (Lipinski definition) is 3. The lowest BCUT2D eigenvalue weighted by molar-refractivity contribution is 0.0690. The number of nitrogens with two attached hydrogens (primary N) is 1. The van der Waals surface area contributed by atoms with Gasteiger partial charge in [0.25, 0.3) is 0 Å². The van der Waals surface area contributed by atoms with Crippen molar-refractivity contribution in [2.75, 3.05) is 6.54 Å². The van der Waals surface area contributed by atoms with E-state index in [1.807, 2.05) is 0 Å². The number of aromatic amines is 1. The number of hydrogen-bond donors (Lipinski definition) is 3. The summed E-state index contributed by atoms with van der Waals surface area (Å²) in [4.78, 5) is 10.3. The normalized spacial score (nSPS) is 9.91. The molecule has 0 bridgehead atoms. The average molecular weight is 155 g/mol. The quantitative estimate of drug-likeness (QED) is 0.554. The van der Waals surface area contributed by atoms with E-state index in [4.69, 9.17) is 10.8 Å². The molecule has 0 saturated heterocycles. The van der Waals surface area contributed by atoms with Gasteiger partial charge in [-0.1, -0.05) is 0 Å². The zero-order chi connectivity index (χ0) is 8.27. The first kappa shape index (κ1) is 7.74. The number of aromatic carboxylic acids is 1. The highest BCUT2D eigenvalue weighted by molar-refractivity contribution is 5.85. The van der Waals surface area contributed by atoms with Crippen molar-refractivity contribution in [3.8, 4) is 0 Å². The van der Waals surface area contributed by atoms with Crippen molar-refractivity contribution in [3.63, 3.8) is 0 Å². The molecule has 0 radical (unpaired) electrons. The van der Waals surface area contributed by atoms with Crippen LogP contribution in [0.1, 0.15) is 16.2 Å². The van der Waals surface area contributed by atoms with Crippen LogP contribution in [0.5, 0.6) is 0 Å². The van der Waals surface area contributed by atoms with Gasteiger partial charge in [0, 0.05) is 12.1 Å². The van der Waals surface area contributed by atoms with E-state index in [1.165, 1.54) is 6.07 Å². The predicted molar refractivity (Wildman–Crippen MR) is 38.3 cm³/mol. The number of carbonyl (C=O) groups is 1. The first-order valence-corrected chi connectivity index (χ1v) is 3.21. The van der Waals surface area contributed by atoms with E-state index < -0.39 is 5.97 Å². The van der Waals surface area contributed by atoms with Crippen molar-refractivity contribution in [2.45, 2.75) is 6.42 Å². The standard InChI is InChI=1S/C6H9N3O2/c7-2-1-4-3-5(6(10)11)9-8-4/h3H,1-2,7H2,(H,8,9)(H,10,11). The molecule has 1 aromatic heterocycles. The molecule has 0 aliphatic heterocycles. The SMILES string of the molecule is NCCc1cc(C(=O)O)n[nH]1. The van der Waals surface area contributed by atoms with E-state index in [-0.39, 0.29) is 5.69 Å². The minimum absolute atomic E-state index is 0.0356. The van der Waals surface area contributed by atoms with Crippen LogP contribution in [0, 0.1) is 0 Å². The van der Waals surface area contributed by atoms with E-state index in [0.29, 0.717) is 13.0 Å². The van der Waals surface area contributed by atoms with E-state index in [2.05, 4.69) is 10.2 Å². The molecule has 4 N–H and O–H groups in total. The molecule has 0 aromatic carbocycles. The molecule has 5 nitrogen and oxygen atoms in total. The average Bonchev–Trinajstić information content (AvgIpc) is 2.37. The summed E-state index contributed by atoms with van der Waals surface area (Å²) in [5.74, 6) is -1.02. The van der Waals surface area contributed by atoms with Gasteiger partial charge in [0.15, 0.2) is 5.69 Å². The first-order valence-electron chi connectivity index (χ1n) is 3.21. The Balaban J connectivity index is 2.73. The van der Waals surface area contributed by atoms with Crippen LogP contribution in [0.3, 0.4) is 0 Å². The lowest BCUT2D eigenvalue weighted by Crippen LogP contribution is -2.02. The topological polar surface area (TPSA) is 92.0 Å². The maximum atomic E-state index is 10.3. The summed E-state index contributed by atoms with van der Waals surface area (Å²) in [5.41, 5.74) is 6.04. The second-order valence-corrected chi connectivity index (χ2v) is 2.12. The Morgan fingerprint density at radius 3 is 3.00 bits per heavy atom. The molecule has 0 aliphatic carbocycles. The second kappa shape index (κ2) is 3.16. The van der Waals surface area contributed by atoms with Crippen molar-refractivity contribution >= 4 is 5.97 Å². The molecule has 5 heteroatoms. The molecule has 0 unspecified atom stereocenters. The Hall–Kier alpha value is -1.36. The van der Waals surface area contributed by atoms with Gasteiger partial charge >= 0.3 is 5.97 Å². The predicted octanol–water partition coefficient (Wildman–Crippen LogP) is -0.391. The van der Waals surface area contributed by atoms with Gasteiger partial charge < -0.3 is 10.8 Å². The summed E-state index contributed by atoms with van der Waals surface area (Å²) in [5, 5.41) is 14.6. The number of nitrogens with zero attached hydrogens (tertiary/aromatic N) is 1. The van der Waals surface area contributed by atoms with Gasteiger partial charge in [0.05, 0.1) is 0 Å². The summed E-state index contributed by atoms with van der Waals surface area (Å²) in [6.45, 7) is 0.487. The lowest BCUT2D eigenvalue weighted by Gasteiger charge is -1.86. The highest BCUT2D eigenvalue weighted by Crippen LogP contribution is 1.98. The summed E-state index contributed by atoms with van der Waals surface area (Å²) in [7, 11) is 0. The molecule has 1 heterocycles. The van der Waals surface area contributed by atoms with Crippen LogP contribution >= 0.6 is 0 Å². The van der Waals surface area contributed by atoms with Crippen LogP contribution in [-0.4, -0.2) is 27.8 Å². The van der Waals surface area contributed by atoms with Gasteiger partial charge in [0.2, 0.25) is 0 Å². The van der Waals surface area contributed by atoms with Crippen molar-refractivity contribution in [2.24, 2.45) is 5.73 Å². The Bertz CT molecular complexity index is 256. The largest absolute Gasteiger partial charge is 0.476 e. The van der Waals surface area contributed by atoms with Crippen LogP contribution in [0.25, 0.3) is 0 Å². The third kappa shape index (κ3) is 1.78. The zero-order valence-electron chi connectivity index (χ0n) is 5.87. The van der Waals surface area contributed by atoms with E-state index in [0.717, 1.165) is 5.69 Å². The molecular formula is C6H9N3O2. The Morgan fingerprint density at radius 2 is 2.55 bits per heavy atom. The molecule has 0 fully saturated rings. The maximum absolute atomic E-state index is 10.3. The summed E-state index contributed by atoms with van der Waals surface area (Å²) in [6.07, 6.45) is 0.625. The maximum Gasteiger partial charge on any atom is 0.356 e. The number of rotatable bonds is 3. The van der Waals surface area contributed by atoms with Crippen molar-refractivity contribution in [3.05, 3.63) is 17.5 Å². The van der Waals surface area contributed by atoms with Crippen molar-refractivity contribution in [1.82, 2.24) is 10.2 Å². The van der Waals surface area contributed by atoms with Gasteiger partial charge in [-0.2, -0.15) is 5.10 Å². The van der Waals surface area contributed by atoms with E-state index >= 15 is 0 Å². The molecule has 0 spiro atoms. The fourth-order valence-electron chi connectivity index (χ4n) is 0.755. The molecule has 60 valence electrons. The van der Waals surface area contributed by atoms with Gasteiger partial charge in [-0.25, -0.2) is 4.79 Å². The number of carboxylic acids is 1. The van der Waals surface area contributed by atoms with Gasteiger partial charge in [-0.3, -0.25) is 5.10 Å². The Morgan fingerprint density at radius 1 is 1.82 bits per heavy atom. The summed E-state index contributed by atoms with van der Waals surface area (Å²) < 4.78 is 0. The van der Waals surface area contributed by atoms with Gasteiger partial charge in [-0.15, -0.1) is 0 Å². The van der Waals surface area contributed by atoms with Gasteiger partial charge in [0.1, 0.15) is 0 Å². The second-order valence-electron chi connectivity index (χ2n) is 2.12. The molecule has 0 amide bonds.